The zero-order valence-electron chi connectivity index (χ0n) is 9.24. The minimum atomic E-state index is -0.130. The van der Waals surface area contributed by atoms with Gasteiger partial charge in [-0.2, -0.15) is 0 Å². The van der Waals surface area contributed by atoms with Crippen molar-refractivity contribution in [2.45, 2.75) is 19.9 Å². The lowest BCUT2D eigenvalue weighted by atomic mass is 9.99. The third-order valence-electron chi connectivity index (χ3n) is 2.44. The van der Waals surface area contributed by atoms with Gasteiger partial charge in [0.2, 0.25) is 0 Å². The first kappa shape index (κ1) is 10.9. The second kappa shape index (κ2) is 4.38. The Labute approximate surface area is 85.5 Å². The number of carbonyl (C=O) groups is 1. The summed E-state index contributed by atoms with van der Waals surface area (Å²) in [7, 11) is 3.84. The molecular weight excluding hydrogens is 174 g/mol. The molecule has 0 heterocycles. The minimum Gasteiger partial charge on any atom is -0.301 e. The Morgan fingerprint density at radius 3 is 2.43 bits per heavy atom. The predicted molar refractivity (Wildman–Crippen MR) is 58.4 cm³/mol. The van der Waals surface area contributed by atoms with E-state index in [-0.39, 0.29) is 6.04 Å². The van der Waals surface area contributed by atoms with Gasteiger partial charge in [-0.15, -0.1) is 0 Å². The highest BCUT2D eigenvalue weighted by molar-refractivity contribution is 5.62. The van der Waals surface area contributed by atoms with Crippen molar-refractivity contribution >= 4 is 6.29 Å². The molecule has 1 atom stereocenters. The zero-order valence-corrected chi connectivity index (χ0v) is 9.24. The number of nitrogens with zero attached hydrogens (tertiary/aromatic N) is 1. The van der Waals surface area contributed by atoms with Crippen molar-refractivity contribution in [1.29, 1.82) is 0 Å². The van der Waals surface area contributed by atoms with Crippen molar-refractivity contribution < 1.29 is 4.79 Å². The Morgan fingerprint density at radius 1 is 1.29 bits per heavy atom. The average Bonchev–Trinajstić information content (AvgIpc) is 2.11. The van der Waals surface area contributed by atoms with Crippen LogP contribution in [-0.2, 0) is 4.79 Å². The summed E-state index contributed by atoms with van der Waals surface area (Å²) < 4.78 is 0. The first-order chi connectivity index (χ1) is 6.56. The van der Waals surface area contributed by atoms with Gasteiger partial charge >= 0.3 is 0 Å². The summed E-state index contributed by atoms with van der Waals surface area (Å²) >= 11 is 0. The fourth-order valence-corrected chi connectivity index (χ4v) is 1.55. The number of aldehydes is 1. The standard InChI is InChI=1S/C12H17NO/c1-9-5-6-10(2)11(7-9)12(8-14)13(3)4/h5-8,12H,1-4H3. The van der Waals surface area contributed by atoms with Crippen molar-refractivity contribution in [3.63, 3.8) is 0 Å². The van der Waals surface area contributed by atoms with E-state index in [9.17, 15) is 4.79 Å². The van der Waals surface area contributed by atoms with Gasteiger partial charge in [0, 0.05) is 0 Å². The molecule has 0 saturated heterocycles. The van der Waals surface area contributed by atoms with Gasteiger partial charge in [-0.1, -0.05) is 23.8 Å². The maximum absolute atomic E-state index is 11.0. The highest BCUT2D eigenvalue weighted by Crippen LogP contribution is 2.21. The van der Waals surface area contributed by atoms with E-state index in [1.165, 1.54) is 11.1 Å². The Hall–Kier alpha value is -1.15. The van der Waals surface area contributed by atoms with Gasteiger partial charge in [0.25, 0.3) is 0 Å². The Bertz CT molecular complexity index is 331. The molecule has 0 N–H and O–H groups in total. The van der Waals surface area contributed by atoms with E-state index in [2.05, 4.69) is 18.2 Å². The molecule has 1 aromatic carbocycles. The topological polar surface area (TPSA) is 20.3 Å². The summed E-state index contributed by atoms with van der Waals surface area (Å²) in [4.78, 5) is 12.9. The Morgan fingerprint density at radius 2 is 1.93 bits per heavy atom. The molecule has 1 unspecified atom stereocenters. The monoisotopic (exact) mass is 191 g/mol. The summed E-state index contributed by atoms with van der Waals surface area (Å²) in [5, 5.41) is 0. The summed E-state index contributed by atoms with van der Waals surface area (Å²) in [5.74, 6) is 0. The molecule has 0 aromatic heterocycles. The minimum absolute atomic E-state index is 0.130. The number of likely N-dealkylation sites (N-methyl/N-ethyl adjacent to an activating group) is 1. The number of benzene rings is 1. The highest BCUT2D eigenvalue weighted by atomic mass is 16.1. The maximum atomic E-state index is 11.0. The quantitative estimate of drug-likeness (QED) is 0.682. The lowest BCUT2D eigenvalue weighted by Crippen LogP contribution is -2.21. The number of aryl methyl sites for hydroxylation is 2. The first-order valence-electron chi connectivity index (χ1n) is 4.75. The van der Waals surface area contributed by atoms with Gasteiger partial charge in [0.15, 0.2) is 0 Å². The van der Waals surface area contributed by atoms with Crippen LogP contribution in [0.1, 0.15) is 22.7 Å². The van der Waals surface area contributed by atoms with E-state index >= 15 is 0 Å². The third-order valence-corrected chi connectivity index (χ3v) is 2.44. The van der Waals surface area contributed by atoms with Crippen molar-refractivity contribution in [3.8, 4) is 0 Å². The van der Waals surface area contributed by atoms with Gasteiger partial charge in [-0.25, -0.2) is 0 Å². The van der Waals surface area contributed by atoms with Crippen LogP contribution < -0.4 is 0 Å². The van der Waals surface area contributed by atoms with Crippen molar-refractivity contribution in [3.05, 3.63) is 34.9 Å². The van der Waals surface area contributed by atoms with E-state index in [1.54, 1.807) is 0 Å². The molecule has 0 aliphatic heterocycles. The van der Waals surface area contributed by atoms with Crippen LogP contribution in [0.25, 0.3) is 0 Å². The van der Waals surface area contributed by atoms with E-state index in [4.69, 9.17) is 0 Å². The van der Waals surface area contributed by atoms with Crippen LogP contribution in [0, 0.1) is 13.8 Å². The number of hydrogen-bond acceptors (Lipinski definition) is 2. The molecule has 1 rings (SSSR count). The van der Waals surface area contributed by atoms with Gasteiger partial charge in [0.05, 0.1) is 6.04 Å². The first-order valence-corrected chi connectivity index (χ1v) is 4.75. The van der Waals surface area contributed by atoms with Crippen LogP contribution in [-0.4, -0.2) is 25.3 Å². The summed E-state index contributed by atoms with van der Waals surface area (Å²) in [6.45, 7) is 4.08. The largest absolute Gasteiger partial charge is 0.301 e. The van der Waals surface area contributed by atoms with Gasteiger partial charge < -0.3 is 4.79 Å². The van der Waals surface area contributed by atoms with Crippen LogP contribution in [0.3, 0.4) is 0 Å². The third kappa shape index (κ3) is 2.20. The van der Waals surface area contributed by atoms with Crippen LogP contribution >= 0.6 is 0 Å². The molecule has 0 bridgehead atoms. The van der Waals surface area contributed by atoms with Crippen LogP contribution in [0.4, 0.5) is 0 Å². The molecule has 0 radical (unpaired) electrons. The molecule has 0 saturated carbocycles. The van der Waals surface area contributed by atoms with Gasteiger partial charge in [0.1, 0.15) is 6.29 Å². The highest BCUT2D eigenvalue weighted by Gasteiger charge is 2.14. The number of carbonyl (C=O) groups excluding carboxylic acids is 1. The fraction of sp³-hybridized carbons (Fsp3) is 0.417. The molecule has 0 aliphatic carbocycles. The second-order valence-electron chi connectivity index (χ2n) is 3.90. The Kier molecular flexibility index (Phi) is 3.42. The van der Waals surface area contributed by atoms with Gasteiger partial charge in [-0.3, -0.25) is 4.90 Å². The fourth-order valence-electron chi connectivity index (χ4n) is 1.55. The van der Waals surface area contributed by atoms with Crippen molar-refractivity contribution in [1.82, 2.24) is 4.90 Å². The average molecular weight is 191 g/mol. The normalized spacial score (nSPS) is 12.9. The predicted octanol–water partition coefficient (Wildman–Crippen LogP) is 2.11. The smallest absolute Gasteiger partial charge is 0.141 e. The molecule has 0 spiro atoms. The van der Waals surface area contributed by atoms with E-state index in [0.717, 1.165) is 11.8 Å². The lowest BCUT2D eigenvalue weighted by Gasteiger charge is -2.21. The van der Waals surface area contributed by atoms with E-state index in [1.807, 2.05) is 32.8 Å². The number of hydrogen-bond donors (Lipinski definition) is 0. The summed E-state index contributed by atoms with van der Waals surface area (Å²) in [5.41, 5.74) is 3.46. The van der Waals surface area contributed by atoms with E-state index < -0.39 is 0 Å². The molecule has 2 nitrogen and oxygen atoms in total. The molecule has 0 aliphatic rings. The van der Waals surface area contributed by atoms with Crippen LogP contribution in [0.15, 0.2) is 18.2 Å². The molecule has 76 valence electrons. The van der Waals surface area contributed by atoms with Crippen molar-refractivity contribution in [2.24, 2.45) is 0 Å². The zero-order chi connectivity index (χ0) is 10.7. The molecule has 14 heavy (non-hydrogen) atoms. The molecule has 1 aromatic rings. The second-order valence-corrected chi connectivity index (χ2v) is 3.90. The maximum Gasteiger partial charge on any atom is 0.141 e. The van der Waals surface area contributed by atoms with Crippen molar-refractivity contribution in [2.75, 3.05) is 14.1 Å². The van der Waals surface area contributed by atoms with Gasteiger partial charge in [-0.05, 0) is 39.1 Å². The molecular formula is C12H17NO. The van der Waals surface area contributed by atoms with E-state index in [0.29, 0.717) is 0 Å². The van der Waals surface area contributed by atoms with Crippen LogP contribution in [0.2, 0.25) is 0 Å². The SMILES string of the molecule is Cc1ccc(C)c(C(C=O)N(C)C)c1. The summed E-state index contributed by atoms with van der Waals surface area (Å²) in [6, 6.07) is 6.07. The molecule has 0 amide bonds. The summed E-state index contributed by atoms with van der Waals surface area (Å²) in [6.07, 6.45) is 0.988. The Balaban J connectivity index is 3.15. The number of rotatable bonds is 3. The molecule has 2 heteroatoms. The lowest BCUT2D eigenvalue weighted by molar-refractivity contribution is -0.111. The molecule has 0 fully saturated rings. The van der Waals surface area contributed by atoms with Crippen LogP contribution in [0.5, 0.6) is 0 Å².